The lowest BCUT2D eigenvalue weighted by atomic mass is 9.93. The summed E-state index contributed by atoms with van der Waals surface area (Å²) in [6, 6.07) is 13.5. The molecule has 0 spiro atoms. The minimum absolute atomic E-state index is 0.0920. The Balaban J connectivity index is 1.82. The summed E-state index contributed by atoms with van der Waals surface area (Å²) in [4.78, 5) is 0. The molecule has 0 saturated carbocycles. The van der Waals surface area contributed by atoms with E-state index in [0.29, 0.717) is 0 Å². The van der Waals surface area contributed by atoms with Gasteiger partial charge in [-0.05, 0) is 72.9 Å². The van der Waals surface area contributed by atoms with Crippen molar-refractivity contribution in [2.45, 2.75) is 45.6 Å². The van der Waals surface area contributed by atoms with E-state index in [1.54, 1.807) is 0 Å². The van der Waals surface area contributed by atoms with Crippen molar-refractivity contribution in [2.75, 3.05) is 0 Å². The van der Waals surface area contributed by atoms with Gasteiger partial charge in [-0.25, -0.2) is 0 Å². The number of benzene rings is 2. The van der Waals surface area contributed by atoms with Crippen LogP contribution in [0.4, 0.5) is 0 Å². The molecule has 2 N–H and O–H groups in total. The first kappa shape index (κ1) is 13.4. The molecule has 0 bridgehead atoms. The Hall–Kier alpha value is -1.60. The van der Waals surface area contributed by atoms with Crippen LogP contribution in [0.5, 0.6) is 0 Å². The van der Waals surface area contributed by atoms with E-state index in [2.05, 4.69) is 50.2 Å². The van der Waals surface area contributed by atoms with Crippen molar-refractivity contribution < 1.29 is 0 Å². The van der Waals surface area contributed by atoms with Gasteiger partial charge in [0.05, 0.1) is 0 Å². The zero-order valence-electron chi connectivity index (χ0n) is 12.4. The standard InChI is InChI=1S/C19H23N/c1-13-5-3-8-18(14(13)2)19(20)12-15-9-10-16-6-4-7-17(16)11-15/h3,5,8-11,19H,4,6-7,12,20H2,1-2H3. The van der Waals surface area contributed by atoms with Gasteiger partial charge in [-0.3, -0.25) is 0 Å². The molecule has 104 valence electrons. The second-order valence-electron chi connectivity index (χ2n) is 6.06. The third-order valence-corrected chi connectivity index (χ3v) is 4.66. The van der Waals surface area contributed by atoms with E-state index < -0.39 is 0 Å². The monoisotopic (exact) mass is 265 g/mol. The summed E-state index contributed by atoms with van der Waals surface area (Å²) in [5.74, 6) is 0. The van der Waals surface area contributed by atoms with Gasteiger partial charge in [0.15, 0.2) is 0 Å². The highest BCUT2D eigenvalue weighted by Gasteiger charge is 2.14. The molecule has 1 unspecified atom stereocenters. The van der Waals surface area contributed by atoms with Crippen LogP contribution in [-0.4, -0.2) is 0 Å². The molecular formula is C19H23N. The van der Waals surface area contributed by atoms with Gasteiger partial charge in [-0.1, -0.05) is 36.4 Å². The lowest BCUT2D eigenvalue weighted by Crippen LogP contribution is -2.15. The van der Waals surface area contributed by atoms with Crippen LogP contribution in [-0.2, 0) is 19.3 Å². The lowest BCUT2D eigenvalue weighted by molar-refractivity contribution is 0.715. The maximum absolute atomic E-state index is 6.44. The molecule has 0 amide bonds. The van der Waals surface area contributed by atoms with Crippen LogP contribution >= 0.6 is 0 Å². The molecule has 1 nitrogen and oxygen atoms in total. The zero-order chi connectivity index (χ0) is 14.1. The first-order valence-electron chi connectivity index (χ1n) is 7.57. The Bertz CT molecular complexity index is 628. The first-order chi connectivity index (χ1) is 9.65. The fourth-order valence-corrected chi connectivity index (χ4v) is 3.29. The molecule has 1 atom stereocenters. The largest absolute Gasteiger partial charge is 0.324 e. The van der Waals surface area contributed by atoms with Crippen molar-refractivity contribution >= 4 is 0 Å². The van der Waals surface area contributed by atoms with Crippen molar-refractivity contribution in [3.8, 4) is 0 Å². The smallest absolute Gasteiger partial charge is 0.0338 e. The average molecular weight is 265 g/mol. The predicted octanol–water partition coefficient (Wildman–Crippen LogP) is 4.03. The maximum Gasteiger partial charge on any atom is 0.0338 e. The quantitative estimate of drug-likeness (QED) is 0.890. The Morgan fingerprint density at radius 2 is 1.85 bits per heavy atom. The average Bonchev–Trinajstić information content (AvgIpc) is 2.89. The second-order valence-corrected chi connectivity index (χ2v) is 6.06. The molecule has 0 saturated heterocycles. The van der Waals surface area contributed by atoms with E-state index in [0.717, 1.165) is 6.42 Å². The van der Waals surface area contributed by atoms with Crippen LogP contribution in [0, 0.1) is 13.8 Å². The number of rotatable bonds is 3. The molecule has 2 aromatic rings. The molecule has 1 aliphatic carbocycles. The van der Waals surface area contributed by atoms with Crippen molar-refractivity contribution in [2.24, 2.45) is 5.73 Å². The van der Waals surface area contributed by atoms with Crippen LogP contribution < -0.4 is 5.73 Å². The lowest BCUT2D eigenvalue weighted by Gasteiger charge is -2.17. The third kappa shape index (κ3) is 2.51. The van der Waals surface area contributed by atoms with Gasteiger partial charge >= 0.3 is 0 Å². The fourth-order valence-electron chi connectivity index (χ4n) is 3.29. The summed E-state index contributed by atoms with van der Waals surface area (Å²) in [5.41, 5.74) is 14.8. The summed E-state index contributed by atoms with van der Waals surface area (Å²) < 4.78 is 0. The van der Waals surface area contributed by atoms with Crippen molar-refractivity contribution in [3.63, 3.8) is 0 Å². The molecule has 2 aromatic carbocycles. The van der Waals surface area contributed by atoms with Crippen molar-refractivity contribution in [3.05, 3.63) is 69.8 Å². The molecule has 1 heteroatoms. The number of aryl methyl sites for hydroxylation is 3. The molecular weight excluding hydrogens is 242 g/mol. The van der Waals surface area contributed by atoms with E-state index in [9.17, 15) is 0 Å². The minimum Gasteiger partial charge on any atom is -0.324 e. The SMILES string of the molecule is Cc1cccc(C(N)Cc2ccc3c(c2)CCC3)c1C. The molecule has 0 aromatic heterocycles. The molecule has 0 aliphatic heterocycles. The summed E-state index contributed by atoms with van der Waals surface area (Å²) in [5, 5.41) is 0. The Kier molecular flexibility index (Phi) is 3.62. The summed E-state index contributed by atoms with van der Waals surface area (Å²) in [6.07, 6.45) is 4.72. The minimum atomic E-state index is 0.0920. The molecule has 0 fully saturated rings. The van der Waals surface area contributed by atoms with E-state index in [-0.39, 0.29) is 6.04 Å². The fraction of sp³-hybridized carbons (Fsp3) is 0.368. The number of nitrogens with two attached hydrogens (primary N) is 1. The Morgan fingerprint density at radius 3 is 2.70 bits per heavy atom. The number of fused-ring (bicyclic) bond motifs is 1. The van der Waals surface area contributed by atoms with Crippen LogP contribution in [0.25, 0.3) is 0 Å². The summed E-state index contributed by atoms with van der Waals surface area (Å²) >= 11 is 0. The molecule has 20 heavy (non-hydrogen) atoms. The van der Waals surface area contributed by atoms with Gasteiger partial charge in [0.1, 0.15) is 0 Å². The molecule has 3 rings (SSSR count). The van der Waals surface area contributed by atoms with Gasteiger partial charge in [0.25, 0.3) is 0 Å². The Morgan fingerprint density at radius 1 is 1.05 bits per heavy atom. The zero-order valence-corrected chi connectivity index (χ0v) is 12.4. The van der Waals surface area contributed by atoms with Gasteiger partial charge in [0.2, 0.25) is 0 Å². The predicted molar refractivity (Wildman–Crippen MR) is 85.0 cm³/mol. The first-order valence-corrected chi connectivity index (χ1v) is 7.57. The van der Waals surface area contributed by atoms with Crippen LogP contribution in [0.15, 0.2) is 36.4 Å². The topological polar surface area (TPSA) is 26.0 Å². The van der Waals surface area contributed by atoms with Gasteiger partial charge in [-0.2, -0.15) is 0 Å². The van der Waals surface area contributed by atoms with E-state index in [4.69, 9.17) is 5.73 Å². The Labute approximate surface area is 121 Å². The van der Waals surface area contributed by atoms with Crippen molar-refractivity contribution in [1.29, 1.82) is 0 Å². The third-order valence-electron chi connectivity index (χ3n) is 4.66. The number of hydrogen-bond donors (Lipinski definition) is 1. The van der Waals surface area contributed by atoms with Gasteiger partial charge in [0, 0.05) is 6.04 Å². The molecule has 1 aliphatic rings. The second kappa shape index (κ2) is 5.41. The van der Waals surface area contributed by atoms with Gasteiger partial charge in [-0.15, -0.1) is 0 Å². The van der Waals surface area contributed by atoms with Crippen molar-refractivity contribution in [1.82, 2.24) is 0 Å². The highest BCUT2D eigenvalue weighted by Crippen LogP contribution is 2.26. The van der Waals surface area contributed by atoms with E-state index in [1.165, 1.54) is 52.6 Å². The van der Waals surface area contributed by atoms with E-state index in [1.807, 2.05) is 0 Å². The normalized spacial score (nSPS) is 15.2. The van der Waals surface area contributed by atoms with Crippen LogP contribution in [0.3, 0.4) is 0 Å². The summed E-state index contributed by atoms with van der Waals surface area (Å²) in [7, 11) is 0. The van der Waals surface area contributed by atoms with Crippen LogP contribution in [0.1, 0.15) is 45.8 Å². The highest BCUT2D eigenvalue weighted by atomic mass is 14.6. The molecule has 0 radical (unpaired) electrons. The number of hydrogen-bond acceptors (Lipinski definition) is 1. The van der Waals surface area contributed by atoms with Gasteiger partial charge < -0.3 is 5.73 Å². The van der Waals surface area contributed by atoms with E-state index >= 15 is 0 Å². The van der Waals surface area contributed by atoms with Crippen LogP contribution in [0.2, 0.25) is 0 Å². The maximum atomic E-state index is 6.44. The molecule has 0 heterocycles. The summed E-state index contributed by atoms with van der Waals surface area (Å²) in [6.45, 7) is 4.33. The highest BCUT2D eigenvalue weighted by molar-refractivity contribution is 5.38.